The number of fused-ring (bicyclic) bond motifs is 3. The Balaban J connectivity index is 1.25. The molecular weight excluding hydrogens is 430 g/mol. The van der Waals surface area contributed by atoms with Crippen LogP contribution in [0.1, 0.15) is 4.79 Å². The minimum Gasteiger partial charge on any atom is -0.308 e. The van der Waals surface area contributed by atoms with Gasteiger partial charge in [0.15, 0.2) is 0 Å². The lowest BCUT2D eigenvalue weighted by Crippen LogP contribution is -2.19. The van der Waals surface area contributed by atoms with Gasteiger partial charge in [-0.1, -0.05) is 54.6 Å². The average molecular weight is 452 g/mol. The van der Waals surface area contributed by atoms with Gasteiger partial charge in [-0.05, 0) is 48.5 Å². The number of aromatic nitrogens is 1. The summed E-state index contributed by atoms with van der Waals surface area (Å²) in [6.07, 6.45) is 0. The first-order valence-corrected chi connectivity index (χ1v) is 11.5. The summed E-state index contributed by atoms with van der Waals surface area (Å²) in [6.45, 7) is 0. The number of para-hydroxylation sites is 3. The van der Waals surface area contributed by atoms with E-state index in [4.69, 9.17) is 0 Å². The minimum atomic E-state index is -0.303. The van der Waals surface area contributed by atoms with Crippen molar-refractivity contribution in [2.24, 2.45) is 0 Å². The van der Waals surface area contributed by atoms with Gasteiger partial charge in [0.1, 0.15) is 0 Å². The molecule has 6 heteroatoms. The molecule has 0 saturated carbocycles. The second-order valence-electron chi connectivity index (χ2n) is 7.52. The Bertz CT molecular complexity index is 1390. The lowest BCUT2D eigenvalue weighted by molar-refractivity contribution is 0.0951. The second kappa shape index (κ2) is 9.22. The zero-order valence-corrected chi connectivity index (χ0v) is 18.5. The van der Waals surface area contributed by atoms with Gasteiger partial charge in [0.05, 0.1) is 16.8 Å². The maximum absolute atomic E-state index is 13.2. The summed E-state index contributed by atoms with van der Waals surface area (Å²) < 4.78 is 1.81. The van der Waals surface area contributed by atoms with Crippen molar-refractivity contribution in [1.82, 2.24) is 4.57 Å². The number of rotatable bonds is 5. The Kier molecular flexibility index (Phi) is 5.83. The van der Waals surface area contributed by atoms with Gasteiger partial charge in [-0.15, -0.1) is 11.8 Å². The highest BCUT2D eigenvalue weighted by atomic mass is 32.2. The van der Waals surface area contributed by atoms with E-state index >= 15 is 0 Å². The first-order valence-electron chi connectivity index (χ1n) is 10.6. The van der Waals surface area contributed by atoms with Crippen LogP contribution in [-0.2, 0) is 0 Å². The molecule has 0 spiro atoms. The van der Waals surface area contributed by atoms with Crippen molar-refractivity contribution in [3.05, 3.63) is 103 Å². The number of carbonyl (C=O) groups is 2. The molecular formula is C27H21N3O2S. The Hall–Kier alpha value is -4.03. The Morgan fingerprint density at radius 3 is 1.76 bits per heavy atom. The highest BCUT2D eigenvalue weighted by Gasteiger charge is 2.15. The minimum absolute atomic E-state index is 0.0295. The number of hydrogen-bond donors (Lipinski definition) is 2. The zero-order chi connectivity index (χ0) is 22.6. The fourth-order valence-corrected chi connectivity index (χ4v) is 4.60. The fourth-order valence-electron chi connectivity index (χ4n) is 3.85. The maximum Gasteiger partial charge on any atom is 0.323 e. The first kappa shape index (κ1) is 20.8. The Morgan fingerprint density at radius 2 is 1.15 bits per heavy atom. The summed E-state index contributed by atoms with van der Waals surface area (Å²) in [5.41, 5.74) is 3.26. The lowest BCUT2D eigenvalue weighted by Gasteiger charge is -2.09. The summed E-state index contributed by atoms with van der Waals surface area (Å²) in [5, 5.41) is 7.76. The van der Waals surface area contributed by atoms with E-state index in [9.17, 15) is 9.59 Å². The molecule has 33 heavy (non-hydrogen) atoms. The molecule has 0 aliphatic carbocycles. The van der Waals surface area contributed by atoms with E-state index in [1.165, 1.54) is 11.8 Å². The van der Waals surface area contributed by atoms with Gasteiger partial charge in [0, 0.05) is 27.0 Å². The van der Waals surface area contributed by atoms with E-state index in [1.54, 1.807) is 0 Å². The number of nitrogens with zero attached hydrogens (tertiary/aromatic N) is 1. The van der Waals surface area contributed by atoms with Crippen molar-refractivity contribution in [2.75, 3.05) is 16.4 Å². The van der Waals surface area contributed by atoms with Crippen LogP contribution in [0.5, 0.6) is 0 Å². The number of urea groups is 1. The molecule has 2 amide bonds. The molecule has 162 valence electrons. The third-order valence-corrected chi connectivity index (χ3v) is 6.33. The van der Waals surface area contributed by atoms with Crippen molar-refractivity contribution in [1.29, 1.82) is 0 Å². The van der Waals surface area contributed by atoms with Crippen molar-refractivity contribution >= 4 is 56.9 Å². The van der Waals surface area contributed by atoms with Crippen molar-refractivity contribution in [3.8, 4) is 0 Å². The maximum atomic E-state index is 13.2. The van der Waals surface area contributed by atoms with Crippen LogP contribution in [-0.4, -0.2) is 22.3 Å². The van der Waals surface area contributed by atoms with E-state index < -0.39 is 0 Å². The largest absolute Gasteiger partial charge is 0.323 e. The molecule has 1 aromatic heterocycles. The molecule has 5 nitrogen and oxygen atoms in total. The molecule has 0 radical (unpaired) electrons. The molecule has 0 bridgehead atoms. The summed E-state index contributed by atoms with van der Waals surface area (Å²) in [4.78, 5) is 26.3. The first-order chi connectivity index (χ1) is 16.2. The van der Waals surface area contributed by atoms with Gasteiger partial charge in [0.25, 0.3) is 0 Å². The van der Waals surface area contributed by atoms with Gasteiger partial charge in [-0.3, -0.25) is 9.36 Å². The highest BCUT2D eigenvalue weighted by molar-refractivity contribution is 8.00. The van der Waals surface area contributed by atoms with Crippen molar-refractivity contribution < 1.29 is 9.59 Å². The lowest BCUT2D eigenvalue weighted by atomic mass is 10.2. The van der Waals surface area contributed by atoms with Crippen LogP contribution in [0.3, 0.4) is 0 Å². The predicted molar refractivity (Wildman–Crippen MR) is 136 cm³/mol. The predicted octanol–water partition coefficient (Wildman–Crippen LogP) is 6.87. The third-order valence-electron chi connectivity index (χ3n) is 5.34. The van der Waals surface area contributed by atoms with Crippen LogP contribution in [0.25, 0.3) is 21.8 Å². The monoisotopic (exact) mass is 451 g/mol. The fraction of sp³-hybridized carbons (Fsp3) is 0.0370. The molecule has 2 N–H and O–H groups in total. The number of amides is 2. The van der Waals surface area contributed by atoms with E-state index in [0.717, 1.165) is 32.4 Å². The topological polar surface area (TPSA) is 63.1 Å². The van der Waals surface area contributed by atoms with Crippen LogP contribution >= 0.6 is 11.8 Å². The summed E-state index contributed by atoms with van der Waals surface area (Å²) in [6, 6.07) is 32.4. The molecule has 0 fully saturated rings. The molecule has 0 unspecified atom stereocenters. The molecule has 0 atom stereocenters. The molecule has 4 aromatic carbocycles. The van der Waals surface area contributed by atoms with Gasteiger partial charge in [-0.25, -0.2) is 4.79 Å². The third kappa shape index (κ3) is 4.47. The normalized spacial score (nSPS) is 10.9. The van der Waals surface area contributed by atoms with E-state index in [-0.39, 0.29) is 11.9 Å². The van der Waals surface area contributed by atoms with Crippen molar-refractivity contribution in [3.63, 3.8) is 0 Å². The number of benzene rings is 4. The van der Waals surface area contributed by atoms with Gasteiger partial charge in [0.2, 0.25) is 5.91 Å². The van der Waals surface area contributed by atoms with Gasteiger partial charge < -0.3 is 10.6 Å². The summed E-state index contributed by atoms with van der Waals surface area (Å²) in [7, 11) is 0. The van der Waals surface area contributed by atoms with Crippen LogP contribution in [0.15, 0.2) is 108 Å². The Morgan fingerprint density at radius 1 is 0.636 bits per heavy atom. The summed E-state index contributed by atoms with van der Waals surface area (Å²) in [5.74, 6) is 0.339. The molecule has 5 rings (SSSR count). The number of thioether (sulfide) groups is 1. The van der Waals surface area contributed by atoms with Crippen LogP contribution in [0.2, 0.25) is 0 Å². The molecule has 5 aromatic rings. The van der Waals surface area contributed by atoms with Gasteiger partial charge in [-0.2, -0.15) is 0 Å². The second-order valence-corrected chi connectivity index (χ2v) is 8.57. The van der Waals surface area contributed by atoms with E-state index in [2.05, 4.69) is 10.6 Å². The van der Waals surface area contributed by atoms with E-state index in [0.29, 0.717) is 11.4 Å². The number of carbonyl (C=O) groups excluding carboxylic acids is 2. The number of hydrogen-bond acceptors (Lipinski definition) is 3. The average Bonchev–Trinajstić information content (AvgIpc) is 3.19. The number of anilines is 2. The molecule has 0 aliphatic rings. The standard InChI is InChI=1S/C27H21N3O2S/c31-26(30-24-12-6-4-10-22(24)23-11-5-7-13-25(23)30)18-33-21-16-14-20(15-17-21)29-27(32)28-19-8-2-1-3-9-19/h1-17H,18H2,(H2,28,29,32). The van der Waals surface area contributed by atoms with Crippen LogP contribution in [0.4, 0.5) is 16.2 Å². The van der Waals surface area contributed by atoms with Gasteiger partial charge >= 0.3 is 6.03 Å². The highest BCUT2D eigenvalue weighted by Crippen LogP contribution is 2.29. The van der Waals surface area contributed by atoms with E-state index in [1.807, 2.05) is 108 Å². The zero-order valence-electron chi connectivity index (χ0n) is 17.7. The SMILES string of the molecule is O=C(Nc1ccccc1)Nc1ccc(SCC(=O)n2c3ccccc3c3ccccc32)cc1. The smallest absolute Gasteiger partial charge is 0.308 e. The molecule has 0 aliphatic heterocycles. The molecule has 0 saturated heterocycles. The Labute approximate surface area is 195 Å². The van der Waals surface area contributed by atoms with Crippen LogP contribution in [0, 0.1) is 0 Å². The summed E-state index contributed by atoms with van der Waals surface area (Å²) >= 11 is 1.48. The van der Waals surface area contributed by atoms with Crippen LogP contribution < -0.4 is 10.6 Å². The van der Waals surface area contributed by atoms with Crippen molar-refractivity contribution in [2.45, 2.75) is 4.90 Å². The molecule has 1 heterocycles. The quantitative estimate of drug-likeness (QED) is 0.287. The number of nitrogens with one attached hydrogen (secondary N) is 2.